The molecule has 2 amide bonds. The molecule has 4 aliphatic rings. The van der Waals surface area contributed by atoms with Crippen molar-refractivity contribution in [2.45, 2.75) is 140 Å². The maximum atomic E-state index is 15.2. The van der Waals surface area contributed by atoms with Crippen LogP contribution in [0, 0.1) is 11.6 Å². The molecule has 82 heavy (non-hydrogen) atoms. The Bertz CT molecular complexity index is 2520. The van der Waals surface area contributed by atoms with Gasteiger partial charge in [0.2, 0.25) is 12.2 Å². The molecule has 446 valence electrons. The first-order valence-electron chi connectivity index (χ1n) is 27.3. The van der Waals surface area contributed by atoms with E-state index < -0.39 is 83.9 Å². The summed E-state index contributed by atoms with van der Waals surface area (Å²) in [4.78, 5) is 66.2. The highest BCUT2D eigenvalue weighted by atomic mass is 19.4. The Kier molecular flexibility index (Phi) is 21.2. The molecule has 8 rings (SSSR count). The molecule has 4 aromatic rings. The zero-order valence-corrected chi connectivity index (χ0v) is 45.3. The summed E-state index contributed by atoms with van der Waals surface area (Å²) >= 11 is 0. The van der Waals surface area contributed by atoms with E-state index in [2.05, 4.69) is 19.3 Å². The number of carbonyl (C=O) groups excluding carboxylic acids is 4. The second-order valence-corrected chi connectivity index (χ2v) is 20.8. The largest absolute Gasteiger partial charge is 0.573 e. The van der Waals surface area contributed by atoms with Crippen molar-refractivity contribution in [3.63, 3.8) is 0 Å². The summed E-state index contributed by atoms with van der Waals surface area (Å²) in [5.41, 5.74) is 0.501. The molecule has 4 saturated heterocycles. The molecular formula is C58H66F8N4O12. The number of benzene rings is 4. The summed E-state index contributed by atoms with van der Waals surface area (Å²) < 4.78 is 151. The average Bonchev–Trinajstić information content (AvgIpc) is 3.64. The lowest BCUT2D eigenvalue weighted by molar-refractivity contribution is -0.275. The lowest BCUT2D eigenvalue weighted by Crippen LogP contribution is -2.50. The van der Waals surface area contributed by atoms with Crippen molar-refractivity contribution in [3.05, 3.63) is 131 Å². The van der Waals surface area contributed by atoms with Gasteiger partial charge in [0.1, 0.15) is 23.1 Å². The third-order valence-electron chi connectivity index (χ3n) is 14.8. The number of nitrogens with zero attached hydrogens (tertiary/aromatic N) is 4. The summed E-state index contributed by atoms with van der Waals surface area (Å²) in [7, 11) is 0. The number of halogens is 8. The van der Waals surface area contributed by atoms with Crippen molar-refractivity contribution < 1.29 is 92.2 Å². The van der Waals surface area contributed by atoms with Crippen LogP contribution in [0.25, 0.3) is 0 Å². The van der Waals surface area contributed by atoms with E-state index >= 15 is 9.59 Å². The summed E-state index contributed by atoms with van der Waals surface area (Å²) in [5, 5.41) is 0. The number of hydrogen-bond acceptors (Lipinski definition) is 14. The number of carbonyl (C=O) groups is 4. The fraction of sp³-hybridized carbons (Fsp3) is 0.517. The van der Waals surface area contributed by atoms with Crippen LogP contribution >= 0.6 is 0 Å². The zero-order chi connectivity index (χ0) is 58.6. The van der Waals surface area contributed by atoms with Crippen LogP contribution in [0.5, 0.6) is 11.5 Å². The van der Waals surface area contributed by atoms with E-state index in [0.29, 0.717) is 102 Å². The van der Waals surface area contributed by atoms with E-state index in [1.54, 1.807) is 0 Å². The Morgan fingerprint density at radius 3 is 1.18 bits per heavy atom. The average molecular weight is 1160 g/mol. The number of piperidine rings is 2. The van der Waals surface area contributed by atoms with Gasteiger partial charge in [0.25, 0.3) is 11.8 Å². The predicted molar refractivity (Wildman–Crippen MR) is 276 cm³/mol. The van der Waals surface area contributed by atoms with Gasteiger partial charge in [0.15, 0.2) is 12.6 Å². The lowest BCUT2D eigenvalue weighted by Gasteiger charge is -2.40. The molecule has 4 aromatic carbocycles. The van der Waals surface area contributed by atoms with Gasteiger partial charge in [0, 0.05) is 88.4 Å². The first-order valence-corrected chi connectivity index (χ1v) is 27.3. The van der Waals surface area contributed by atoms with E-state index in [4.69, 9.17) is 28.4 Å². The molecule has 0 bridgehead atoms. The molecule has 16 nitrogen and oxygen atoms in total. The Morgan fingerprint density at radius 1 is 0.524 bits per heavy atom. The molecule has 4 unspecified atom stereocenters. The minimum atomic E-state index is -5.10. The number of amides is 2. The summed E-state index contributed by atoms with van der Waals surface area (Å²) in [6.07, 6.45) is -10.8. The number of likely N-dealkylation sites (tertiary alicyclic amines) is 2. The van der Waals surface area contributed by atoms with Crippen molar-refractivity contribution in [1.29, 1.82) is 0 Å². The fourth-order valence-corrected chi connectivity index (χ4v) is 10.4. The van der Waals surface area contributed by atoms with Gasteiger partial charge in [-0.05, 0) is 112 Å². The highest BCUT2D eigenvalue weighted by Crippen LogP contribution is 2.34. The van der Waals surface area contributed by atoms with Gasteiger partial charge >= 0.3 is 24.7 Å². The van der Waals surface area contributed by atoms with Crippen LogP contribution in [0.1, 0.15) is 99.7 Å². The van der Waals surface area contributed by atoms with Gasteiger partial charge in [-0.2, -0.15) is 0 Å². The third-order valence-corrected chi connectivity index (χ3v) is 14.8. The molecule has 4 heterocycles. The second kappa shape index (κ2) is 28.2. The molecule has 6 atom stereocenters. The van der Waals surface area contributed by atoms with Crippen LogP contribution in [0.15, 0.2) is 97.1 Å². The van der Waals surface area contributed by atoms with Crippen LogP contribution < -0.4 is 9.47 Å². The first kappa shape index (κ1) is 61.6. The maximum Gasteiger partial charge on any atom is 0.573 e. The normalized spacial score (nSPS) is 21.4. The highest BCUT2D eigenvalue weighted by molar-refractivity contribution is 6.30. The SMILES string of the molecule is C[C@@H]1CCOC(CCN2CCC(N(Cc3ccc(F)cc3)C(=O)C(OC(=O)C(=O)OC(C(=O)N(Cc3ccc(F)cc3)C3CCN(CCC4OCC[C@@H](C)O4)CC3)c3ccc(OC(F)(F)F)cc3)c3ccc(OC(F)(F)F)cc3)CC2)O1. The van der Waals surface area contributed by atoms with Crippen molar-refractivity contribution >= 4 is 23.8 Å². The van der Waals surface area contributed by atoms with Crippen molar-refractivity contribution in [3.8, 4) is 11.5 Å². The van der Waals surface area contributed by atoms with Crippen LogP contribution in [0.2, 0.25) is 0 Å². The molecule has 0 aromatic heterocycles. The molecule has 0 N–H and O–H groups in total. The minimum Gasteiger partial charge on any atom is -0.439 e. The number of rotatable bonds is 20. The molecule has 24 heteroatoms. The Labute approximate surface area is 469 Å². The molecule has 4 aliphatic heterocycles. The molecular weight excluding hydrogens is 1100 g/mol. The van der Waals surface area contributed by atoms with Crippen LogP contribution in [0.3, 0.4) is 0 Å². The molecule has 0 saturated carbocycles. The second-order valence-electron chi connectivity index (χ2n) is 20.8. The summed E-state index contributed by atoms with van der Waals surface area (Å²) in [5.74, 6) is -8.02. The quantitative estimate of drug-likeness (QED) is 0.0468. The number of alkyl halides is 6. The van der Waals surface area contributed by atoms with Gasteiger partial charge in [-0.15, -0.1) is 26.3 Å². The van der Waals surface area contributed by atoms with E-state index in [-0.39, 0.29) is 49.0 Å². The molecule has 0 aliphatic carbocycles. The number of esters is 2. The van der Waals surface area contributed by atoms with Crippen molar-refractivity contribution in [1.82, 2.24) is 19.6 Å². The van der Waals surface area contributed by atoms with E-state index in [0.717, 1.165) is 61.4 Å². The Hall–Kier alpha value is -6.44. The monoisotopic (exact) mass is 1160 g/mol. The smallest absolute Gasteiger partial charge is 0.439 e. The zero-order valence-electron chi connectivity index (χ0n) is 45.3. The highest BCUT2D eigenvalue weighted by Gasteiger charge is 2.41. The number of hydrogen-bond donors (Lipinski definition) is 0. The Morgan fingerprint density at radius 2 is 0.866 bits per heavy atom. The summed E-state index contributed by atoms with van der Waals surface area (Å²) in [6.45, 7) is 7.89. The minimum absolute atomic E-state index is 0.0421. The number of ether oxygens (including phenoxy) is 8. The molecule has 0 radical (unpaired) electrons. The van der Waals surface area contributed by atoms with E-state index in [1.807, 2.05) is 13.8 Å². The fourth-order valence-electron chi connectivity index (χ4n) is 10.4. The lowest BCUT2D eigenvalue weighted by atomic mass is 9.99. The molecule has 4 fully saturated rings. The Balaban J connectivity index is 1.06. The van der Waals surface area contributed by atoms with Gasteiger partial charge < -0.3 is 57.5 Å². The van der Waals surface area contributed by atoms with Gasteiger partial charge in [-0.3, -0.25) is 9.59 Å². The van der Waals surface area contributed by atoms with Crippen LogP contribution in [0.4, 0.5) is 35.1 Å². The van der Waals surface area contributed by atoms with Gasteiger partial charge in [-0.1, -0.05) is 48.5 Å². The third kappa shape index (κ3) is 18.3. The van der Waals surface area contributed by atoms with E-state index in [9.17, 15) is 44.7 Å². The maximum absolute atomic E-state index is 15.2. The topological polar surface area (TPSA) is 155 Å². The van der Waals surface area contributed by atoms with Gasteiger partial charge in [-0.25, -0.2) is 18.4 Å². The van der Waals surface area contributed by atoms with E-state index in [1.165, 1.54) is 58.3 Å². The molecule has 0 spiro atoms. The van der Waals surface area contributed by atoms with Crippen LogP contribution in [-0.4, -0.2) is 145 Å². The first-order chi connectivity index (χ1) is 39.1. The van der Waals surface area contributed by atoms with Crippen molar-refractivity contribution in [2.75, 3.05) is 52.5 Å². The van der Waals surface area contributed by atoms with Gasteiger partial charge in [0.05, 0.1) is 25.4 Å². The van der Waals surface area contributed by atoms with Crippen LogP contribution in [-0.2, 0) is 60.7 Å². The predicted octanol–water partition coefficient (Wildman–Crippen LogP) is 9.70. The standard InChI is InChI=1S/C58H66F8N4O12/c1-37-25-33-75-49(77-37)23-31-67-27-19-45(20-28-67)69(35-39-3-11-43(59)12-4-39)53(71)51(41-7-15-47(16-8-41)81-57(61,62)63)79-55(73)56(74)80-52(42-9-17-48(18-10-42)82-58(64,65)66)54(72)70(36-40-5-13-44(60)14-6-40)46-21-29-68(30-22-46)32-24-50-76-34-26-38(2)78-50/h3-18,37-38,45-46,49-52H,19-36H2,1-2H3/t37-,38-,49?,50?,51?,52?/m1/s1. The van der Waals surface area contributed by atoms with Crippen molar-refractivity contribution in [2.24, 2.45) is 0 Å². The summed E-state index contributed by atoms with van der Waals surface area (Å²) in [6, 6.07) is 17.0.